The van der Waals surface area contributed by atoms with Crippen molar-refractivity contribution in [1.82, 2.24) is 4.90 Å². The van der Waals surface area contributed by atoms with Crippen molar-refractivity contribution in [2.45, 2.75) is 6.04 Å². The minimum Gasteiger partial charge on any atom is -0.370 e. The monoisotopic (exact) mass is 235 g/mol. The zero-order valence-electron chi connectivity index (χ0n) is 9.31. The summed E-state index contributed by atoms with van der Waals surface area (Å²) in [7, 11) is 3.63. The molecule has 0 bridgehead atoms. The third kappa shape index (κ3) is 3.18. The normalized spacial score (nSPS) is 13.0. The summed E-state index contributed by atoms with van der Waals surface area (Å²) in [5.41, 5.74) is 6.61. The van der Waals surface area contributed by atoms with E-state index in [0.717, 1.165) is 5.56 Å². The van der Waals surface area contributed by atoms with Crippen molar-refractivity contribution in [2.75, 3.05) is 14.1 Å². The van der Waals surface area contributed by atoms with Crippen LogP contribution in [0.4, 0.5) is 0 Å². The number of nitrogens with two attached hydrogens (primary N) is 1. The lowest BCUT2D eigenvalue weighted by molar-refractivity contribution is 0.606. The highest BCUT2D eigenvalue weighted by atomic mass is 35.5. The molecule has 0 aromatic heterocycles. The number of hydrogen-bond donors (Lipinski definition) is 1. The maximum absolute atomic E-state index is 5.80. The Bertz CT molecular complexity index is 415. The van der Waals surface area contributed by atoms with Gasteiger partial charge in [0, 0.05) is 19.1 Å². The molecule has 0 fully saturated rings. The highest BCUT2D eigenvalue weighted by Crippen LogP contribution is 2.19. The summed E-state index contributed by atoms with van der Waals surface area (Å²) in [4.78, 5) is 5.94. The van der Waals surface area contributed by atoms with E-state index >= 15 is 0 Å². The van der Waals surface area contributed by atoms with Gasteiger partial charge in [0.15, 0.2) is 5.96 Å². The fraction of sp³-hybridized carbons (Fsp3) is 0.250. The maximum Gasteiger partial charge on any atom is 0.192 e. The first-order valence-corrected chi connectivity index (χ1v) is 5.14. The smallest absolute Gasteiger partial charge is 0.192 e. The van der Waals surface area contributed by atoms with Gasteiger partial charge in [-0.05, 0) is 17.7 Å². The molecule has 1 rings (SSSR count). The summed E-state index contributed by atoms with van der Waals surface area (Å²) < 4.78 is 0. The summed E-state index contributed by atoms with van der Waals surface area (Å²) in [5, 5.41) is 0.670. The summed E-state index contributed by atoms with van der Waals surface area (Å²) in [6, 6.07) is 6.88. The lowest BCUT2D eigenvalue weighted by Crippen LogP contribution is -2.30. The molecule has 1 aromatic carbocycles. The van der Waals surface area contributed by atoms with Crippen LogP contribution < -0.4 is 5.73 Å². The molecule has 1 unspecified atom stereocenters. The van der Waals surface area contributed by atoms with E-state index in [0.29, 0.717) is 11.0 Å². The Morgan fingerprint density at radius 3 is 2.44 bits per heavy atom. The van der Waals surface area contributed by atoms with Crippen LogP contribution in [0, 0.1) is 12.3 Å². The molecule has 3 nitrogen and oxygen atoms in total. The van der Waals surface area contributed by atoms with Crippen molar-refractivity contribution in [3.8, 4) is 12.3 Å². The van der Waals surface area contributed by atoms with Gasteiger partial charge in [0.2, 0.25) is 0 Å². The van der Waals surface area contributed by atoms with E-state index in [1.807, 2.05) is 26.2 Å². The molecule has 0 amide bonds. The first-order chi connectivity index (χ1) is 7.54. The highest BCUT2D eigenvalue weighted by Gasteiger charge is 2.07. The average molecular weight is 236 g/mol. The van der Waals surface area contributed by atoms with Crippen LogP contribution in [0.15, 0.2) is 29.3 Å². The SMILES string of the molecule is C#CC(N=C(N)N(C)C)c1ccc(Cl)cc1. The number of aliphatic imine (C=N–C) groups is 1. The van der Waals surface area contributed by atoms with E-state index in [9.17, 15) is 0 Å². The first kappa shape index (κ1) is 12.4. The van der Waals surface area contributed by atoms with Gasteiger partial charge in [-0.15, -0.1) is 6.42 Å². The van der Waals surface area contributed by atoms with Gasteiger partial charge in [-0.3, -0.25) is 0 Å². The average Bonchev–Trinajstić information content (AvgIpc) is 2.26. The van der Waals surface area contributed by atoms with E-state index in [1.54, 1.807) is 17.0 Å². The number of halogens is 1. The van der Waals surface area contributed by atoms with Crippen LogP contribution in [0.25, 0.3) is 0 Å². The van der Waals surface area contributed by atoms with Crippen LogP contribution in [0.3, 0.4) is 0 Å². The minimum absolute atomic E-state index is 0.375. The first-order valence-electron chi connectivity index (χ1n) is 4.76. The Morgan fingerprint density at radius 1 is 1.44 bits per heavy atom. The third-order valence-electron chi connectivity index (χ3n) is 2.06. The quantitative estimate of drug-likeness (QED) is 0.483. The molecule has 4 heteroatoms. The fourth-order valence-corrected chi connectivity index (χ4v) is 1.23. The van der Waals surface area contributed by atoms with Crippen LogP contribution in [0.2, 0.25) is 5.02 Å². The van der Waals surface area contributed by atoms with E-state index in [2.05, 4.69) is 10.9 Å². The second kappa shape index (κ2) is 5.43. The van der Waals surface area contributed by atoms with E-state index in [4.69, 9.17) is 23.8 Å². The van der Waals surface area contributed by atoms with E-state index in [1.165, 1.54) is 0 Å². The van der Waals surface area contributed by atoms with Crippen LogP contribution in [0.5, 0.6) is 0 Å². The standard InChI is InChI=1S/C12H14ClN3/c1-4-11(15-12(14)16(2)3)9-5-7-10(13)8-6-9/h1,5-8,11H,2-3H3,(H2,14,15). The maximum atomic E-state index is 5.80. The molecule has 16 heavy (non-hydrogen) atoms. The van der Waals surface area contributed by atoms with Crippen molar-refractivity contribution >= 4 is 17.6 Å². The Labute approximate surface area is 101 Å². The van der Waals surface area contributed by atoms with Gasteiger partial charge >= 0.3 is 0 Å². The molecule has 0 aliphatic carbocycles. The van der Waals surface area contributed by atoms with Gasteiger partial charge < -0.3 is 10.6 Å². The lowest BCUT2D eigenvalue weighted by Gasteiger charge is -2.13. The lowest BCUT2D eigenvalue weighted by atomic mass is 10.1. The van der Waals surface area contributed by atoms with Gasteiger partial charge in [0.25, 0.3) is 0 Å². The Kier molecular flexibility index (Phi) is 4.21. The van der Waals surface area contributed by atoms with Crippen LogP contribution in [-0.2, 0) is 0 Å². The van der Waals surface area contributed by atoms with E-state index in [-0.39, 0.29) is 6.04 Å². The second-order valence-corrected chi connectivity index (χ2v) is 3.94. The fourth-order valence-electron chi connectivity index (χ4n) is 1.10. The highest BCUT2D eigenvalue weighted by molar-refractivity contribution is 6.30. The molecule has 1 aromatic rings. The van der Waals surface area contributed by atoms with Gasteiger partial charge in [-0.1, -0.05) is 29.7 Å². The topological polar surface area (TPSA) is 41.6 Å². The van der Waals surface area contributed by atoms with Crippen molar-refractivity contribution in [2.24, 2.45) is 10.7 Å². The molecular weight excluding hydrogens is 222 g/mol. The van der Waals surface area contributed by atoms with E-state index < -0.39 is 0 Å². The van der Waals surface area contributed by atoms with Gasteiger partial charge in [0.1, 0.15) is 6.04 Å². The molecule has 1 atom stereocenters. The molecule has 2 N–H and O–H groups in total. The number of benzene rings is 1. The summed E-state index contributed by atoms with van der Waals surface area (Å²) in [6.07, 6.45) is 5.43. The molecule has 0 aliphatic heterocycles. The van der Waals surface area contributed by atoms with Crippen LogP contribution in [0.1, 0.15) is 11.6 Å². The number of nitrogens with zero attached hydrogens (tertiary/aromatic N) is 2. The second-order valence-electron chi connectivity index (χ2n) is 3.50. The number of hydrogen-bond acceptors (Lipinski definition) is 1. The van der Waals surface area contributed by atoms with Crippen molar-refractivity contribution in [3.63, 3.8) is 0 Å². The number of guanidine groups is 1. The third-order valence-corrected chi connectivity index (χ3v) is 2.32. The summed E-state index contributed by atoms with van der Waals surface area (Å²) >= 11 is 5.80. The zero-order chi connectivity index (χ0) is 12.1. The Balaban J connectivity index is 2.96. The predicted octanol–water partition coefficient (Wildman–Crippen LogP) is 1.89. The van der Waals surface area contributed by atoms with Gasteiger partial charge in [0.05, 0.1) is 0 Å². The molecule has 0 spiro atoms. The van der Waals surface area contributed by atoms with Crippen molar-refractivity contribution < 1.29 is 0 Å². The largest absolute Gasteiger partial charge is 0.370 e. The van der Waals surface area contributed by atoms with Crippen LogP contribution >= 0.6 is 11.6 Å². The number of terminal acetylenes is 1. The summed E-state index contributed by atoms with van der Waals surface area (Å²) in [5.74, 6) is 2.99. The molecule has 0 heterocycles. The Hall–Kier alpha value is -1.66. The number of rotatable bonds is 2. The molecular formula is C12H14ClN3. The molecule has 0 radical (unpaired) electrons. The van der Waals surface area contributed by atoms with Crippen LogP contribution in [-0.4, -0.2) is 25.0 Å². The van der Waals surface area contributed by atoms with Crippen molar-refractivity contribution in [1.29, 1.82) is 0 Å². The zero-order valence-corrected chi connectivity index (χ0v) is 10.1. The molecule has 0 saturated carbocycles. The molecule has 0 saturated heterocycles. The molecule has 0 aliphatic rings. The van der Waals surface area contributed by atoms with Gasteiger partial charge in [-0.2, -0.15) is 0 Å². The van der Waals surface area contributed by atoms with Gasteiger partial charge in [-0.25, -0.2) is 4.99 Å². The molecule has 84 valence electrons. The Morgan fingerprint density at radius 2 is 2.00 bits per heavy atom. The minimum atomic E-state index is -0.375. The summed E-state index contributed by atoms with van der Waals surface area (Å²) in [6.45, 7) is 0. The van der Waals surface area contributed by atoms with Crippen molar-refractivity contribution in [3.05, 3.63) is 34.9 Å². The predicted molar refractivity (Wildman–Crippen MR) is 68.3 cm³/mol.